The molecule has 0 spiro atoms. The lowest BCUT2D eigenvalue weighted by Gasteiger charge is -2.12. The van der Waals surface area contributed by atoms with Gasteiger partial charge in [-0.25, -0.2) is 26.6 Å². The van der Waals surface area contributed by atoms with Crippen molar-refractivity contribution in [2.45, 2.75) is 17.1 Å². The number of methoxy groups -OCH3 is 1. The number of carbonyl (C=O) groups is 1. The summed E-state index contributed by atoms with van der Waals surface area (Å²) in [5.41, 5.74) is -2.05. The molecule has 0 aliphatic carbocycles. The van der Waals surface area contributed by atoms with Gasteiger partial charge in [0, 0.05) is 41.4 Å². The molecule has 4 rings (SSSR count). The summed E-state index contributed by atoms with van der Waals surface area (Å²) in [5, 5.41) is 26.8. The number of nitriles is 1. The molecule has 202 valence electrons. The van der Waals surface area contributed by atoms with Gasteiger partial charge in [0.25, 0.3) is 5.91 Å². The Morgan fingerprint density at radius 1 is 1.18 bits per heavy atom. The first kappa shape index (κ1) is 27.6. The Morgan fingerprint density at radius 3 is 2.64 bits per heavy atom. The third-order valence-corrected chi connectivity index (χ3v) is 7.39. The minimum atomic E-state index is -4.40. The van der Waals surface area contributed by atoms with E-state index in [1.165, 1.54) is 6.07 Å². The average molecular weight is 560 g/mol. The molecule has 0 bridgehead atoms. The number of nitrogens with one attached hydrogen (secondary N) is 2. The Morgan fingerprint density at radius 2 is 1.95 bits per heavy atom. The fourth-order valence-electron chi connectivity index (χ4n) is 3.90. The number of benzene rings is 2. The highest BCUT2D eigenvalue weighted by atomic mass is 32.2. The van der Waals surface area contributed by atoms with Crippen molar-refractivity contribution in [3.63, 3.8) is 0 Å². The Hall–Kier alpha value is -4.48. The Bertz CT molecular complexity index is 1730. The maximum atomic E-state index is 15.6. The number of nitrogens with zero attached hydrogens (tertiary/aromatic N) is 3. The summed E-state index contributed by atoms with van der Waals surface area (Å²) in [6, 6.07) is 6.55. The van der Waals surface area contributed by atoms with Crippen LogP contribution in [0.5, 0.6) is 5.88 Å². The first-order valence-corrected chi connectivity index (χ1v) is 13.0. The number of amides is 1. The molecular weight excluding hydrogens is 539 g/mol. The van der Waals surface area contributed by atoms with Crippen molar-refractivity contribution in [1.29, 1.82) is 5.26 Å². The fourth-order valence-corrected chi connectivity index (χ4v) is 5.38. The average Bonchev–Trinajstić information content (AvgIpc) is 3.35. The lowest BCUT2D eigenvalue weighted by atomic mass is 10.00. The van der Waals surface area contributed by atoms with Crippen LogP contribution < -0.4 is 10.1 Å². The van der Waals surface area contributed by atoms with Gasteiger partial charge in [-0.2, -0.15) is 10.4 Å². The SMILES string of the molecule is COc1ncc(C#N)cc1S(=O)(=O)Cc1cc(F)cc(-c2ccc3c(C(=O)NCCCO)[nH]nc3c2F)c1F. The van der Waals surface area contributed by atoms with E-state index in [1.54, 1.807) is 6.07 Å². The van der Waals surface area contributed by atoms with Gasteiger partial charge in [0.1, 0.15) is 33.8 Å². The largest absolute Gasteiger partial charge is 0.480 e. The van der Waals surface area contributed by atoms with Gasteiger partial charge < -0.3 is 15.2 Å². The van der Waals surface area contributed by atoms with Crippen molar-refractivity contribution >= 4 is 26.6 Å². The van der Waals surface area contributed by atoms with Crippen LogP contribution in [-0.2, 0) is 15.6 Å². The second-order valence-corrected chi connectivity index (χ2v) is 10.2. The van der Waals surface area contributed by atoms with Crippen molar-refractivity contribution in [2.75, 3.05) is 20.3 Å². The molecule has 3 N–H and O–H groups in total. The highest BCUT2D eigenvalue weighted by Crippen LogP contribution is 2.34. The molecule has 0 aliphatic rings. The molecule has 0 saturated heterocycles. The van der Waals surface area contributed by atoms with Crippen LogP contribution in [0.1, 0.15) is 28.0 Å². The zero-order valence-corrected chi connectivity index (χ0v) is 21.1. The van der Waals surface area contributed by atoms with E-state index in [1.807, 2.05) is 0 Å². The van der Waals surface area contributed by atoms with Crippen LogP contribution in [0.2, 0.25) is 0 Å². The van der Waals surface area contributed by atoms with E-state index in [2.05, 4.69) is 20.5 Å². The van der Waals surface area contributed by atoms with Gasteiger partial charge in [-0.3, -0.25) is 9.89 Å². The zero-order chi connectivity index (χ0) is 28.3. The lowest BCUT2D eigenvalue weighted by molar-refractivity contribution is 0.0947. The molecule has 0 saturated carbocycles. The number of hydrogen-bond donors (Lipinski definition) is 3. The van der Waals surface area contributed by atoms with Gasteiger partial charge >= 0.3 is 0 Å². The number of aliphatic hydroxyl groups excluding tert-OH is 1. The van der Waals surface area contributed by atoms with Crippen molar-refractivity contribution in [3.8, 4) is 23.1 Å². The second kappa shape index (κ2) is 11.1. The third-order valence-electron chi connectivity index (χ3n) is 5.74. The number of pyridine rings is 1. The number of rotatable bonds is 9. The van der Waals surface area contributed by atoms with E-state index in [0.717, 1.165) is 25.4 Å². The summed E-state index contributed by atoms with van der Waals surface area (Å²) in [6.45, 7) is 0.0283. The summed E-state index contributed by atoms with van der Waals surface area (Å²) in [5.74, 6) is -5.27. The molecule has 0 radical (unpaired) electrons. The maximum Gasteiger partial charge on any atom is 0.269 e. The Labute approximate surface area is 220 Å². The number of H-pyrrole nitrogens is 1. The highest BCUT2D eigenvalue weighted by Gasteiger charge is 2.27. The molecule has 10 nitrogen and oxygen atoms in total. The van der Waals surface area contributed by atoms with Gasteiger partial charge in [-0.05, 0) is 30.7 Å². The van der Waals surface area contributed by atoms with Gasteiger partial charge in [0.2, 0.25) is 5.88 Å². The van der Waals surface area contributed by atoms with E-state index in [-0.39, 0.29) is 41.2 Å². The highest BCUT2D eigenvalue weighted by molar-refractivity contribution is 7.90. The predicted octanol–water partition coefficient (Wildman–Crippen LogP) is 3.01. The summed E-state index contributed by atoms with van der Waals surface area (Å²) in [7, 11) is -3.24. The second-order valence-electron chi connectivity index (χ2n) is 8.28. The number of aliphatic hydroxyl groups is 1. The van der Waals surface area contributed by atoms with E-state index in [4.69, 9.17) is 15.1 Å². The molecule has 0 unspecified atom stereocenters. The summed E-state index contributed by atoms with van der Waals surface area (Å²) in [6.07, 6.45) is 1.40. The molecular formula is C25H20F3N5O5S. The lowest BCUT2D eigenvalue weighted by Crippen LogP contribution is -2.25. The van der Waals surface area contributed by atoms with Gasteiger partial charge in [-0.15, -0.1) is 0 Å². The van der Waals surface area contributed by atoms with Crippen molar-refractivity contribution in [3.05, 3.63) is 70.8 Å². The zero-order valence-electron chi connectivity index (χ0n) is 20.3. The minimum Gasteiger partial charge on any atom is -0.480 e. The minimum absolute atomic E-state index is 0.0676. The van der Waals surface area contributed by atoms with E-state index in [0.29, 0.717) is 18.6 Å². The van der Waals surface area contributed by atoms with Crippen molar-refractivity contribution in [2.24, 2.45) is 0 Å². The van der Waals surface area contributed by atoms with Crippen LogP contribution in [0, 0.1) is 28.8 Å². The van der Waals surface area contributed by atoms with Crippen LogP contribution in [0.4, 0.5) is 13.2 Å². The first-order valence-electron chi connectivity index (χ1n) is 11.3. The van der Waals surface area contributed by atoms with E-state index < -0.39 is 60.5 Å². The Kier molecular flexibility index (Phi) is 7.84. The van der Waals surface area contributed by atoms with E-state index >= 15 is 8.78 Å². The van der Waals surface area contributed by atoms with Crippen molar-refractivity contribution < 1.29 is 36.2 Å². The molecule has 0 atom stereocenters. The van der Waals surface area contributed by atoms with Gasteiger partial charge in [0.05, 0.1) is 18.4 Å². The van der Waals surface area contributed by atoms with E-state index in [9.17, 15) is 17.6 Å². The maximum absolute atomic E-state index is 15.6. The smallest absolute Gasteiger partial charge is 0.269 e. The number of ether oxygens (including phenoxy) is 1. The molecule has 2 aromatic heterocycles. The number of fused-ring (bicyclic) bond motifs is 1. The van der Waals surface area contributed by atoms with Crippen molar-refractivity contribution in [1.82, 2.24) is 20.5 Å². The monoisotopic (exact) mass is 559 g/mol. The molecule has 0 fully saturated rings. The molecule has 2 heterocycles. The number of sulfone groups is 1. The van der Waals surface area contributed by atoms with Crippen LogP contribution in [0.25, 0.3) is 22.0 Å². The van der Waals surface area contributed by atoms with Crippen LogP contribution in [0.3, 0.4) is 0 Å². The van der Waals surface area contributed by atoms with Crippen LogP contribution >= 0.6 is 0 Å². The van der Waals surface area contributed by atoms with Crippen LogP contribution in [-0.4, -0.2) is 54.9 Å². The quantitative estimate of drug-likeness (QED) is 0.264. The van der Waals surface area contributed by atoms with Gasteiger partial charge in [0.15, 0.2) is 15.7 Å². The fraction of sp³-hybridized carbons (Fsp3) is 0.200. The molecule has 39 heavy (non-hydrogen) atoms. The Balaban J connectivity index is 1.75. The topological polar surface area (TPSA) is 158 Å². The van der Waals surface area contributed by atoms with Crippen LogP contribution in [0.15, 0.2) is 41.4 Å². The number of hydrogen-bond acceptors (Lipinski definition) is 8. The first-order chi connectivity index (χ1) is 18.6. The standard InChI is InChI=1S/C25H20F3N5O5S/c1-38-25-19(7-13(10-29)11-31-25)39(36,37)12-14-8-15(26)9-18(20(14)27)16-3-4-17-22(21(16)28)32-33-23(17)24(35)30-5-2-6-34/h3-4,7-9,11,34H,2,5-6,12H2,1H3,(H,30,35)(H,32,33). The number of aromatic nitrogens is 3. The molecule has 0 aliphatic heterocycles. The summed E-state index contributed by atoms with van der Waals surface area (Å²) < 4.78 is 76.8. The molecule has 2 aromatic carbocycles. The number of carbonyl (C=O) groups excluding carboxylic acids is 1. The molecule has 1 amide bonds. The normalized spacial score (nSPS) is 11.4. The summed E-state index contributed by atoms with van der Waals surface area (Å²) in [4.78, 5) is 15.6. The molecule has 14 heteroatoms. The van der Waals surface area contributed by atoms with Gasteiger partial charge in [-0.1, -0.05) is 6.07 Å². The third kappa shape index (κ3) is 5.40. The summed E-state index contributed by atoms with van der Waals surface area (Å²) >= 11 is 0. The number of halogens is 3. The predicted molar refractivity (Wildman–Crippen MR) is 132 cm³/mol. The molecule has 4 aromatic rings. The number of aromatic amines is 1.